The van der Waals surface area contributed by atoms with Gasteiger partial charge in [0.15, 0.2) is 0 Å². The van der Waals surface area contributed by atoms with Crippen LogP contribution in [0.4, 0.5) is 0 Å². The lowest BCUT2D eigenvalue weighted by Crippen LogP contribution is -1.84. The number of aryl methyl sites for hydroxylation is 1. The Kier molecular flexibility index (Phi) is 3.11. The fourth-order valence-corrected chi connectivity index (χ4v) is 3.25. The molecule has 3 aromatic rings. The van der Waals surface area contributed by atoms with E-state index in [9.17, 15) is 0 Å². The van der Waals surface area contributed by atoms with E-state index >= 15 is 0 Å². The Balaban J connectivity index is 0.00000156. The number of allylic oxidation sites excluding steroid dienone is 2. The number of H-pyrrole nitrogens is 1. The third-order valence-electron chi connectivity index (χ3n) is 3.55. The van der Waals surface area contributed by atoms with Gasteiger partial charge in [0.05, 0.1) is 17.1 Å². The van der Waals surface area contributed by atoms with Crippen molar-refractivity contribution >= 4 is 23.5 Å². The average Bonchev–Trinajstić information content (AvgIpc) is 3.09. The van der Waals surface area contributed by atoms with Crippen LogP contribution in [-0.2, 0) is 0 Å². The SMILES string of the molecule is Cc1ccnc(-c2nc(-c3c[nH]c4c3C=CC=C=C4)cs2)c1.[HH]. The summed E-state index contributed by atoms with van der Waals surface area (Å²) in [6.45, 7) is 2.07. The van der Waals surface area contributed by atoms with Crippen LogP contribution < -0.4 is 0 Å². The number of rotatable bonds is 2. The van der Waals surface area contributed by atoms with Crippen molar-refractivity contribution in [3.63, 3.8) is 0 Å². The number of aromatic amines is 1. The van der Waals surface area contributed by atoms with Crippen molar-refractivity contribution in [2.75, 3.05) is 0 Å². The summed E-state index contributed by atoms with van der Waals surface area (Å²) in [4.78, 5) is 12.5. The molecule has 0 spiro atoms. The first-order valence-electron chi connectivity index (χ1n) is 7.01. The van der Waals surface area contributed by atoms with Crippen LogP contribution in [0.3, 0.4) is 0 Å². The van der Waals surface area contributed by atoms with Crippen molar-refractivity contribution in [3.05, 3.63) is 64.6 Å². The van der Waals surface area contributed by atoms with Crippen LogP contribution in [0.2, 0.25) is 0 Å². The second kappa shape index (κ2) is 5.26. The Morgan fingerprint density at radius 2 is 2.27 bits per heavy atom. The van der Waals surface area contributed by atoms with Gasteiger partial charge >= 0.3 is 0 Å². The zero-order valence-electron chi connectivity index (χ0n) is 12.0. The Hall–Kier alpha value is -2.68. The molecule has 0 amide bonds. The predicted octanol–water partition coefficient (Wildman–Crippen LogP) is 4.95. The van der Waals surface area contributed by atoms with Gasteiger partial charge in [0.25, 0.3) is 0 Å². The van der Waals surface area contributed by atoms with E-state index in [2.05, 4.69) is 40.1 Å². The molecule has 108 valence electrons. The van der Waals surface area contributed by atoms with Gasteiger partial charge in [0.1, 0.15) is 5.01 Å². The quantitative estimate of drug-likeness (QED) is 0.681. The highest BCUT2D eigenvalue weighted by Gasteiger charge is 2.14. The first-order chi connectivity index (χ1) is 10.8. The molecule has 0 unspecified atom stereocenters. The van der Waals surface area contributed by atoms with Crippen molar-refractivity contribution in [1.29, 1.82) is 0 Å². The molecule has 1 aliphatic carbocycles. The number of thiazole rings is 1. The number of nitrogens with one attached hydrogen (secondary N) is 1. The molecule has 3 aromatic heterocycles. The zero-order valence-corrected chi connectivity index (χ0v) is 12.8. The maximum atomic E-state index is 4.76. The molecular weight excluding hydrogens is 290 g/mol. The summed E-state index contributed by atoms with van der Waals surface area (Å²) in [5.41, 5.74) is 9.51. The summed E-state index contributed by atoms with van der Waals surface area (Å²) < 4.78 is 0. The monoisotopic (exact) mass is 305 g/mol. The standard InChI is InChI=1S/C18H13N3S.H2/c1-12-7-8-19-16(9-12)18-21-17(11-22-18)14-10-20-15-6-4-2-3-5-13(14)15;/h2-3,5-11,20H,1H3;1H. The van der Waals surface area contributed by atoms with E-state index < -0.39 is 0 Å². The normalized spacial score (nSPS) is 12.4. The highest BCUT2D eigenvalue weighted by molar-refractivity contribution is 7.13. The van der Waals surface area contributed by atoms with Gasteiger partial charge in [-0.1, -0.05) is 12.2 Å². The second-order valence-electron chi connectivity index (χ2n) is 5.12. The van der Waals surface area contributed by atoms with Crippen LogP contribution in [0.25, 0.3) is 34.1 Å². The number of hydrogen-bond donors (Lipinski definition) is 1. The molecule has 3 heterocycles. The molecule has 0 aliphatic heterocycles. The number of aromatic nitrogens is 3. The fourth-order valence-electron chi connectivity index (χ4n) is 2.46. The number of nitrogens with zero attached hydrogens (tertiary/aromatic N) is 2. The maximum Gasteiger partial charge on any atom is 0.142 e. The molecule has 3 nitrogen and oxygen atoms in total. The third kappa shape index (κ3) is 2.25. The lowest BCUT2D eigenvalue weighted by molar-refractivity contribution is 1.26. The maximum absolute atomic E-state index is 4.76. The van der Waals surface area contributed by atoms with E-state index in [1.807, 2.05) is 36.7 Å². The molecule has 0 fully saturated rings. The molecule has 0 bridgehead atoms. The van der Waals surface area contributed by atoms with Gasteiger partial charge in [-0.3, -0.25) is 4.98 Å². The van der Waals surface area contributed by atoms with Crippen molar-refractivity contribution in [2.24, 2.45) is 0 Å². The van der Waals surface area contributed by atoms with Gasteiger partial charge in [-0.25, -0.2) is 4.98 Å². The molecule has 22 heavy (non-hydrogen) atoms. The molecule has 0 atom stereocenters. The topological polar surface area (TPSA) is 41.6 Å². The van der Waals surface area contributed by atoms with E-state index in [0.717, 1.165) is 33.2 Å². The lowest BCUT2D eigenvalue weighted by Gasteiger charge is -1.98. The second-order valence-corrected chi connectivity index (χ2v) is 5.98. The smallest absolute Gasteiger partial charge is 0.142 e. The van der Waals surface area contributed by atoms with Gasteiger partial charge in [0, 0.05) is 36.4 Å². The zero-order chi connectivity index (χ0) is 14.9. The van der Waals surface area contributed by atoms with E-state index in [1.54, 1.807) is 11.3 Å². The van der Waals surface area contributed by atoms with Crippen molar-refractivity contribution in [1.82, 2.24) is 15.0 Å². The minimum Gasteiger partial charge on any atom is -0.360 e. The number of hydrogen-bond acceptors (Lipinski definition) is 3. The largest absolute Gasteiger partial charge is 0.360 e. The highest BCUT2D eigenvalue weighted by atomic mass is 32.1. The summed E-state index contributed by atoms with van der Waals surface area (Å²) in [7, 11) is 0. The Morgan fingerprint density at radius 1 is 1.32 bits per heavy atom. The lowest BCUT2D eigenvalue weighted by atomic mass is 10.1. The van der Waals surface area contributed by atoms with Crippen LogP contribution >= 0.6 is 11.3 Å². The molecular formula is C18H15N3S. The summed E-state index contributed by atoms with van der Waals surface area (Å²) in [6, 6.07) is 4.06. The molecule has 0 aromatic carbocycles. The van der Waals surface area contributed by atoms with Gasteiger partial charge in [-0.2, -0.15) is 0 Å². The summed E-state index contributed by atoms with van der Waals surface area (Å²) in [6.07, 6.45) is 11.8. The molecule has 4 rings (SSSR count). The third-order valence-corrected chi connectivity index (χ3v) is 4.41. The van der Waals surface area contributed by atoms with E-state index in [1.165, 1.54) is 5.56 Å². The average molecular weight is 305 g/mol. The van der Waals surface area contributed by atoms with Gasteiger partial charge in [-0.15, -0.1) is 17.1 Å². The summed E-state index contributed by atoms with van der Waals surface area (Å²) in [5.74, 6) is 0. The van der Waals surface area contributed by atoms with E-state index in [4.69, 9.17) is 4.98 Å². The summed E-state index contributed by atoms with van der Waals surface area (Å²) >= 11 is 1.62. The molecule has 0 radical (unpaired) electrons. The Bertz CT molecular complexity index is 943. The van der Waals surface area contributed by atoms with Crippen LogP contribution in [0, 0.1) is 6.92 Å². The first kappa shape index (κ1) is 13.0. The molecule has 0 saturated heterocycles. The van der Waals surface area contributed by atoms with Crippen LogP contribution in [0.15, 0.2) is 47.8 Å². The Morgan fingerprint density at radius 3 is 3.18 bits per heavy atom. The van der Waals surface area contributed by atoms with E-state index in [-0.39, 0.29) is 1.43 Å². The minimum absolute atomic E-state index is 0. The minimum atomic E-state index is 0. The van der Waals surface area contributed by atoms with Crippen LogP contribution in [-0.4, -0.2) is 15.0 Å². The number of fused-ring (bicyclic) bond motifs is 1. The summed E-state index contributed by atoms with van der Waals surface area (Å²) in [5, 5.41) is 3.03. The fraction of sp³-hybridized carbons (Fsp3) is 0.0556. The van der Waals surface area contributed by atoms with Crippen molar-refractivity contribution in [2.45, 2.75) is 6.92 Å². The first-order valence-corrected chi connectivity index (χ1v) is 7.89. The van der Waals surface area contributed by atoms with Crippen molar-refractivity contribution < 1.29 is 1.43 Å². The van der Waals surface area contributed by atoms with Gasteiger partial charge in [-0.05, 0) is 30.7 Å². The van der Waals surface area contributed by atoms with Gasteiger partial charge < -0.3 is 4.98 Å². The van der Waals surface area contributed by atoms with Crippen LogP contribution in [0.5, 0.6) is 0 Å². The van der Waals surface area contributed by atoms with Gasteiger partial charge in [0.2, 0.25) is 0 Å². The predicted molar refractivity (Wildman–Crippen MR) is 93.6 cm³/mol. The molecule has 0 saturated carbocycles. The van der Waals surface area contributed by atoms with Crippen molar-refractivity contribution in [3.8, 4) is 22.0 Å². The molecule has 1 N–H and O–H groups in total. The molecule has 4 heteroatoms. The Labute approximate surface area is 133 Å². The highest BCUT2D eigenvalue weighted by Crippen LogP contribution is 2.32. The van der Waals surface area contributed by atoms with Crippen LogP contribution in [0.1, 0.15) is 18.2 Å². The molecule has 1 aliphatic rings. The van der Waals surface area contributed by atoms with E-state index in [0.29, 0.717) is 0 Å². The number of pyridine rings is 1.